The minimum absolute atomic E-state index is 0.151. The van der Waals surface area contributed by atoms with Gasteiger partial charge in [0.2, 0.25) is 0 Å². The molecule has 0 amide bonds. The number of hydrogen-bond acceptors (Lipinski definition) is 7. The number of piperazine rings is 1. The summed E-state index contributed by atoms with van der Waals surface area (Å²) < 4.78 is 1.98. The summed E-state index contributed by atoms with van der Waals surface area (Å²) in [5, 5.41) is 3.60. The van der Waals surface area contributed by atoms with Crippen molar-refractivity contribution in [2.24, 2.45) is 0 Å². The summed E-state index contributed by atoms with van der Waals surface area (Å²) in [5.74, 6) is 1.55. The van der Waals surface area contributed by atoms with Crippen molar-refractivity contribution in [2.75, 3.05) is 18.0 Å². The monoisotopic (exact) mass is 375 g/mol. The molecule has 4 aromatic heterocycles. The molecule has 142 valence electrons. The van der Waals surface area contributed by atoms with E-state index in [2.05, 4.69) is 42.1 Å². The van der Waals surface area contributed by atoms with E-state index in [1.807, 2.05) is 29.8 Å². The molecule has 0 radical (unpaired) electrons. The summed E-state index contributed by atoms with van der Waals surface area (Å²) in [4.78, 5) is 27.8. The van der Waals surface area contributed by atoms with Crippen LogP contribution in [0.25, 0.3) is 17.2 Å². The second-order valence-corrected chi connectivity index (χ2v) is 7.16. The smallest absolute Gasteiger partial charge is 0.180 e. The van der Waals surface area contributed by atoms with Gasteiger partial charge in [-0.05, 0) is 19.9 Å². The number of aromatic amines is 1. The molecule has 1 saturated heterocycles. The average molecular weight is 375 g/mol. The van der Waals surface area contributed by atoms with Crippen LogP contribution in [-0.4, -0.2) is 53.4 Å². The van der Waals surface area contributed by atoms with Gasteiger partial charge in [0, 0.05) is 37.7 Å². The first-order valence-corrected chi connectivity index (χ1v) is 9.30. The standard InChI is InChI=1S/C19H21N9/c1-12-9-28-16(6-23-18(28)7-22-12)19-21-4-3-17(26-19)27-8-13(2)25-15(10-27)14-5-20-11-24-14/h3-7,9,11,13,15,25H,8,10H2,1-2H3,(H,20,24). The Morgan fingerprint density at radius 2 is 2.04 bits per heavy atom. The molecule has 28 heavy (non-hydrogen) atoms. The summed E-state index contributed by atoms with van der Waals surface area (Å²) >= 11 is 0. The number of aromatic nitrogens is 7. The predicted molar refractivity (Wildman–Crippen MR) is 105 cm³/mol. The maximum atomic E-state index is 4.85. The summed E-state index contributed by atoms with van der Waals surface area (Å²) in [5.41, 5.74) is 3.56. The molecule has 0 aromatic carbocycles. The van der Waals surface area contributed by atoms with Crippen molar-refractivity contribution in [3.8, 4) is 11.5 Å². The van der Waals surface area contributed by atoms with Crippen LogP contribution in [0.4, 0.5) is 5.82 Å². The number of fused-ring (bicyclic) bond motifs is 1. The molecule has 1 fully saturated rings. The highest BCUT2D eigenvalue weighted by molar-refractivity contribution is 5.58. The molecule has 0 bridgehead atoms. The van der Waals surface area contributed by atoms with Crippen molar-refractivity contribution in [1.29, 1.82) is 0 Å². The Morgan fingerprint density at radius 1 is 1.11 bits per heavy atom. The fourth-order valence-electron chi connectivity index (χ4n) is 3.70. The average Bonchev–Trinajstić information content (AvgIpc) is 3.37. The van der Waals surface area contributed by atoms with E-state index in [4.69, 9.17) is 4.98 Å². The number of anilines is 1. The summed E-state index contributed by atoms with van der Waals surface area (Å²) in [6.07, 6.45) is 11.0. The van der Waals surface area contributed by atoms with Crippen molar-refractivity contribution < 1.29 is 0 Å². The van der Waals surface area contributed by atoms with E-state index >= 15 is 0 Å². The van der Waals surface area contributed by atoms with Crippen molar-refractivity contribution in [2.45, 2.75) is 25.9 Å². The molecule has 1 aliphatic heterocycles. The maximum absolute atomic E-state index is 4.85. The van der Waals surface area contributed by atoms with Gasteiger partial charge in [0.1, 0.15) is 11.5 Å². The Morgan fingerprint density at radius 3 is 2.89 bits per heavy atom. The quantitative estimate of drug-likeness (QED) is 0.563. The second kappa shape index (κ2) is 6.68. The zero-order valence-corrected chi connectivity index (χ0v) is 15.7. The van der Waals surface area contributed by atoms with E-state index in [0.717, 1.165) is 41.6 Å². The summed E-state index contributed by atoms with van der Waals surface area (Å²) in [7, 11) is 0. The molecule has 2 N–H and O–H groups in total. The Labute approximate surface area is 161 Å². The summed E-state index contributed by atoms with van der Waals surface area (Å²) in [6.45, 7) is 5.79. The minimum atomic E-state index is 0.151. The van der Waals surface area contributed by atoms with E-state index in [0.29, 0.717) is 11.9 Å². The molecule has 0 aliphatic carbocycles. The van der Waals surface area contributed by atoms with Crippen LogP contribution in [0, 0.1) is 6.92 Å². The van der Waals surface area contributed by atoms with Crippen molar-refractivity contribution in [3.05, 3.63) is 54.8 Å². The van der Waals surface area contributed by atoms with Crippen LogP contribution < -0.4 is 10.2 Å². The molecule has 2 atom stereocenters. The van der Waals surface area contributed by atoms with E-state index in [1.54, 1.807) is 24.9 Å². The number of imidazole rings is 2. The Kier molecular flexibility index (Phi) is 4.01. The third-order valence-electron chi connectivity index (χ3n) is 4.98. The highest BCUT2D eigenvalue weighted by Crippen LogP contribution is 2.24. The van der Waals surface area contributed by atoms with Crippen LogP contribution in [0.5, 0.6) is 0 Å². The number of H-pyrrole nitrogens is 1. The molecule has 9 heteroatoms. The van der Waals surface area contributed by atoms with Gasteiger partial charge < -0.3 is 15.2 Å². The van der Waals surface area contributed by atoms with Gasteiger partial charge >= 0.3 is 0 Å². The lowest BCUT2D eigenvalue weighted by Gasteiger charge is -2.37. The van der Waals surface area contributed by atoms with Gasteiger partial charge in [-0.25, -0.2) is 19.9 Å². The number of hydrogen-bond donors (Lipinski definition) is 2. The molecule has 9 nitrogen and oxygen atoms in total. The first kappa shape index (κ1) is 16.8. The van der Waals surface area contributed by atoms with E-state index in [-0.39, 0.29) is 6.04 Å². The van der Waals surface area contributed by atoms with Gasteiger partial charge in [-0.3, -0.25) is 9.38 Å². The van der Waals surface area contributed by atoms with Gasteiger partial charge in [-0.1, -0.05) is 0 Å². The van der Waals surface area contributed by atoms with Gasteiger partial charge in [-0.2, -0.15) is 0 Å². The zero-order valence-electron chi connectivity index (χ0n) is 15.7. The summed E-state index contributed by atoms with van der Waals surface area (Å²) in [6, 6.07) is 2.43. The van der Waals surface area contributed by atoms with Gasteiger partial charge in [0.05, 0.1) is 36.2 Å². The van der Waals surface area contributed by atoms with Crippen LogP contribution in [0.3, 0.4) is 0 Å². The van der Waals surface area contributed by atoms with Crippen LogP contribution in [0.15, 0.2) is 43.4 Å². The third kappa shape index (κ3) is 2.99. The number of aryl methyl sites for hydroxylation is 1. The number of nitrogens with one attached hydrogen (secondary N) is 2. The lowest BCUT2D eigenvalue weighted by atomic mass is 10.1. The van der Waals surface area contributed by atoms with Gasteiger partial charge in [0.15, 0.2) is 11.5 Å². The van der Waals surface area contributed by atoms with Crippen molar-refractivity contribution in [3.63, 3.8) is 0 Å². The topological polar surface area (TPSA) is 99.9 Å². The molecular formula is C19H21N9. The first-order valence-electron chi connectivity index (χ1n) is 9.30. The largest absolute Gasteiger partial charge is 0.353 e. The highest BCUT2D eigenvalue weighted by Gasteiger charge is 2.27. The van der Waals surface area contributed by atoms with Crippen LogP contribution >= 0.6 is 0 Å². The Bertz CT molecular complexity index is 1100. The predicted octanol–water partition coefficient (Wildman–Crippen LogP) is 1.76. The van der Waals surface area contributed by atoms with Crippen molar-refractivity contribution in [1.82, 2.24) is 39.6 Å². The molecule has 0 spiro atoms. The normalized spacial score (nSPS) is 20.0. The van der Waals surface area contributed by atoms with Crippen LogP contribution in [0.2, 0.25) is 0 Å². The van der Waals surface area contributed by atoms with Gasteiger partial charge in [-0.15, -0.1) is 0 Å². The molecule has 0 saturated carbocycles. The Hall–Kier alpha value is -3.33. The third-order valence-corrected chi connectivity index (χ3v) is 4.98. The first-order chi connectivity index (χ1) is 13.7. The van der Waals surface area contributed by atoms with Crippen LogP contribution in [-0.2, 0) is 0 Å². The lowest BCUT2D eigenvalue weighted by Crippen LogP contribution is -2.51. The minimum Gasteiger partial charge on any atom is -0.353 e. The van der Waals surface area contributed by atoms with Crippen molar-refractivity contribution >= 4 is 11.5 Å². The SMILES string of the molecule is Cc1cn2c(-c3nccc(N4CC(C)NC(c5c[nH]cn5)C4)n3)cnc2cn1. The van der Waals surface area contributed by atoms with E-state index < -0.39 is 0 Å². The van der Waals surface area contributed by atoms with E-state index in [9.17, 15) is 0 Å². The molecule has 5 rings (SSSR count). The van der Waals surface area contributed by atoms with E-state index in [1.165, 1.54) is 0 Å². The molecule has 2 unspecified atom stereocenters. The fraction of sp³-hybridized carbons (Fsp3) is 0.316. The maximum Gasteiger partial charge on any atom is 0.180 e. The second-order valence-electron chi connectivity index (χ2n) is 7.16. The number of nitrogens with zero attached hydrogens (tertiary/aromatic N) is 7. The Balaban J connectivity index is 1.49. The van der Waals surface area contributed by atoms with Gasteiger partial charge in [0.25, 0.3) is 0 Å². The lowest BCUT2D eigenvalue weighted by molar-refractivity contribution is 0.389. The number of rotatable bonds is 3. The van der Waals surface area contributed by atoms with Crippen LogP contribution in [0.1, 0.15) is 24.4 Å². The molecular weight excluding hydrogens is 354 g/mol. The fourth-order valence-corrected chi connectivity index (χ4v) is 3.70. The zero-order chi connectivity index (χ0) is 19.1. The molecule has 5 heterocycles. The molecule has 1 aliphatic rings. The molecule has 4 aromatic rings. The highest BCUT2D eigenvalue weighted by atomic mass is 15.3.